The van der Waals surface area contributed by atoms with Crippen molar-refractivity contribution in [2.24, 2.45) is 0 Å². The summed E-state index contributed by atoms with van der Waals surface area (Å²) in [5, 5.41) is 21.5. The molecule has 21 heavy (non-hydrogen) atoms. The van der Waals surface area contributed by atoms with Gasteiger partial charge in [-0.15, -0.1) is 11.8 Å². The van der Waals surface area contributed by atoms with Crippen LogP contribution in [0, 0.1) is 11.3 Å². The molecule has 2 aromatic carbocycles. The van der Waals surface area contributed by atoms with Crippen LogP contribution in [0.2, 0.25) is 0 Å². The fraction of sp³-hybridized carbons (Fsp3) is 0.125. The summed E-state index contributed by atoms with van der Waals surface area (Å²) in [6.45, 7) is 2.03. The Labute approximate surface area is 127 Å². The maximum atomic E-state index is 11.0. The number of aromatic carboxylic acids is 1. The lowest BCUT2D eigenvalue weighted by atomic mass is 10.1. The molecule has 0 spiro atoms. The first kappa shape index (κ1) is 14.9. The van der Waals surface area contributed by atoms with Crippen LogP contribution in [0.5, 0.6) is 0 Å². The van der Waals surface area contributed by atoms with E-state index in [1.807, 2.05) is 25.1 Å². The quantitative estimate of drug-likeness (QED) is 0.813. The Morgan fingerprint density at radius 1 is 1.33 bits per heavy atom. The molecule has 4 nitrogen and oxygen atoms in total. The second kappa shape index (κ2) is 6.82. The number of nitrogens with zero attached hydrogens (tertiary/aromatic N) is 1. The van der Waals surface area contributed by atoms with E-state index in [0.717, 1.165) is 10.6 Å². The van der Waals surface area contributed by atoms with E-state index in [4.69, 9.17) is 5.11 Å². The largest absolute Gasteiger partial charge is 0.478 e. The van der Waals surface area contributed by atoms with Gasteiger partial charge in [-0.25, -0.2) is 4.79 Å². The van der Waals surface area contributed by atoms with Crippen LogP contribution in [0.4, 0.5) is 11.4 Å². The first-order valence-corrected chi connectivity index (χ1v) is 7.40. The molecule has 0 saturated heterocycles. The fourth-order valence-corrected chi connectivity index (χ4v) is 2.70. The van der Waals surface area contributed by atoms with E-state index in [0.29, 0.717) is 16.9 Å². The molecule has 5 heteroatoms. The third-order valence-corrected chi connectivity index (χ3v) is 3.77. The van der Waals surface area contributed by atoms with Crippen LogP contribution in [-0.2, 0) is 0 Å². The highest BCUT2D eigenvalue weighted by Gasteiger charge is 2.09. The maximum absolute atomic E-state index is 11.0. The highest BCUT2D eigenvalue weighted by atomic mass is 32.2. The summed E-state index contributed by atoms with van der Waals surface area (Å²) in [7, 11) is 0. The number of thioether (sulfide) groups is 1. The van der Waals surface area contributed by atoms with E-state index in [9.17, 15) is 10.1 Å². The molecule has 0 radical (unpaired) electrons. The summed E-state index contributed by atoms with van der Waals surface area (Å²) >= 11 is 1.60. The molecule has 0 atom stereocenters. The average molecular weight is 298 g/mol. The summed E-state index contributed by atoms with van der Waals surface area (Å²) in [4.78, 5) is 11.9. The van der Waals surface area contributed by atoms with Crippen molar-refractivity contribution in [2.45, 2.75) is 11.8 Å². The Morgan fingerprint density at radius 2 is 2.10 bits per heavy atom. The SMILES string of the molecule is CCSc1cccc(Nc2cccc(C(=O)O)c2)c1C#N. The lowest BCUT2D eigenvalue weighted by Gasteiger charge is -2.11. The summed E-state index contributed by atoms with van der Waals surface area (Å²) in [6.07, 6.45) is 0. The zero-order valence-corrected chi connectivity index (χ0v) is 12.3. The van der Waals surface area contributed by atoms with Gasteiger partial charge in [0.15, 0.2) is 0 Å². The Bertz CT molecular complexity index is 708. The zero-order valence-electron chi connectivity index (χ0n) is 11.5. The lowest BCUT2D eigenvalue weighted by Crippen LogP contribution is -1.99. The van der Waals surface area contributed by atoms with E-state index in [2.05, 4.69) is 11.4 Å². The Balaban J connectivity index is 2.36. The normalized spacial score (nSPS) is 9.90. The van der Waals surface area contributed by atoms with Crippen molar-refractivity contribution in [1.82, 2.24) is 0 Å². The van der Waals surface area contributed by atoms with Crippen molar-refractivity contribution >= 4 is 29.1 Å². The third kappa shape index (κ3) is 3.56. The van der Waals surface area contributed by atoms with Crippen molar-refractivity contribution < 1.29 is 9.90 Å². The van der Waals surface area contributed by atoms with Crippen LogP contribution in [0.25, 0.3) is 0 Å². The van der Waals surface area contributed by atoms with Gasteiger partial charge in [0.1, 0.15) is 6.07 Å². The number of rotatable bonds is 5. The molecule has 0 unspecified atom stereocenters. The molecule has 2 N–H and O–H groups in total. The van der Waals surface area contributed by atoms with Crippen LogP contribution in [-0.4, -0.2) is 16.8 Å². The standard InChI is InChI=1S/C16H14N2O2S/c1-2-21-15-8-4-7-14(13(15)10-17)18-12-6-3-5-11(9-12)16(19)20/h3-9,18H,2H2,1H3,(H,19,20). The van der Waals surface area contributed by atoms with Crippen molar-refractivity contribution in [2.75, 3.05) is 11.1 Å². The zero-order chi connectivity index (χ0) is 15.2. The second-order valence-corrected chi connectivity index (χ2v) is 5.54. The van der Waals surface area contributed by atoms with E-state index in [-0.39, 0.29) is 5.56 Å². The number of carbonyl (C=O) groups is 1. The van der Waals surface area contributed by atoms with Gasteiger partial charge < -0.3 is 10.4 Å². The van der Waals surface area contributed by atoms with Crippen LogP contribution in [0.3, 0.4) is 0 Å². The number of nitrogens with one attached hydrogen (secondary N) is 1. The topological polar surface area (TPSA) is 73.1 Å². The number of hydrogen-bond acceptors (Lipinski definition) is 4. The number of benzene rings is 2. The van der Waals surface area contributed by atoms with Gasteiger partial charge in [0.2, 0.25) is 0 Å². The van der Waals surface area contributed by atoms with Gasteiger partial charge in [-0.2, -0.15) is 5.26 Å². The number of hydrogen-bond donors (Lipinski definition) is 2. The molecule has 2 rings (SSSR count). The van der Waals surface area contributed by atoms with Gasteiger partial charge >= 0.3 is 5.97 Å². The third-order valence-electron chi connectivity index (χ3n) is 2.83. The van der Waals surface area contributed by atoms with Gasteiger partial charge in [-0.3, -0.25) is 0 Å². The van der Waals surface area contributed by atoms with Crippen LogP contribution >= 0.6 is 11.8 Å². The molecule has 0 aromatic heterocycles. The van der Waals surface area contributed by atoms with E-state index in [1.54, 1.807) is 30.0 Å². The molecule has 0 amide bonds. The molecule has 0 aliphatic carbocycles. The fourth-order valence-electron chi connectivity index (χ4n) is 1.91. The molecule has 106 valence electrons. The first-order valence-electron chi connectivity index (χ1n) is 6.42. The molecule has 0 fully saturated rings. The van der Waals surface area contributed by atoms with Crippen LogP contribution < -0.4 is 5.32 Å². The maximum Gasteiger partial charge on any atom is 0.335 e. The number of anilines is 2. The number of carboxylic acid groups (broad SMARTS) is 1. The van der Waals surface area contributed by atoms with Crippen LogP contribution in [0.15, 0.2) is 47.4 Å². The van der Waals surface area contributed by atoms with Gasteiger partial charge in [0.05, 0.1) is 16.8 Å². The molecular formula is C16H14N2O2S. The summed E-state index contributed by atoms with van der Waals surface area (Å²) in [6, 6.07) is 14.3. The molecular weight excluding hydrogens is 284 g/mol. The average Bonchev–Trinajstić information content (AvgIpc) is 2.48. The first-order chi connectivity index (χ1) is 10.2. The van der Waals surface area contributed by atoms with Gasteiger partial charge in [0.25, 0.3) is 0 Å². The number of carboxylic acids is 1. The monoisotopic (exact) mass is 298 g/mol. The molecule has 0 heterocycles. The summed E-state index contributed by atoms with van der Waals surface area (Å²) in [5.41, 5.74) is 2.10. The summed E-state index contributed by atoms with van der Waals surface area (Å²) in [5.74, 6) is -0.0958. The predicted octanol–water partition coefficient (Wildman–Crippen LogP) is 4.11. The Hall–Kier alpha value is -2.45. The van der Waals surface area contributed by atoms with E-state index >= 15 is 0 Å². The molecule has 2 aromatic rings. The predicted molar refractivity (Wildman–Crippen MR) is 84.2 cm³/mol. The Morgan fingerprint density at radius 3 is 2.76 bits per heavy atom. The lowest BCUT2D eigenvalue weighted by molar-refractivity contribution is 0.0697. The van der Waals surface area contributed by atoms with Crippen LogP contribution in [0.1, 0.15) is 22.8 Å². The molecule has 0 bridgehead atoms. The van der Waals surface area contributed by atoms with Crippen molar-refractivity contribution in [3.63, 3.8) is 0 Å². The summed E-state index contributed by atoms with van der Waals surface area (Å²) < 4.78 is 0. The molecule has 0 aliphatic rings. The van der Waals surface area contributed by atoms with Crippen molar-refractivity contribution in [1.29, 1.82) is 5.26 Å². The minimum atomic E-state index is -0.977. The van der Waals surface area contributed by atoms with Gasteiger partial charge in [-0.1, -0.05) is 19.1 Å². The van der Waals surface area contributed by atoms with Crippen molar-refractivity contribution in [3.8, 4) is 6.07 Å². The van der Waals surface area contributed by atoms with Gasteiger partial charge in [0, 0.05) is 10.6 Å². The molecule has 0 aliphatic heterocycles. The highest BCUT2D eigenvalue weighted by Crippen LogP contribution is 2.29. The highest BCUT2D eigenvalue weighted by molar-refractivity contribution is 7.99. The number of nitriles is 1. The van der Waals surface area contributed by atoms with E-state index in [1.165, 1.54) is 6.07 Å². The van der Waals surface area contributed by atoms with Crippen molar-refractivity contribution in [3.05, 3.63) is 53.6 Å². The Kier molecular flexibility index (Phi) is 4.85. The minimum Gasteiger partial charge on any atom is -0.478 e. The second-order valence-electron chi connectivity index (χ2n) is 4.23. The minimum absolute atomic E-state index is 0.206. The smallest absolute Gasteiger partial charge is 0.335 e. The van der Waals surface area contributed by atoms with E-state index < -0.39 is 5.97 Å². The van der Waals surface area contributed by atoms with Gasteiger partial charge in [-0.05, 0) is 36.1 Å². The molecule has 0 saturated carbocycles.